The molecule has 1 atom stereocenters. The first-order valence-corrected chi connectivity index (χ1v) is 8.32. The minimum absolute atomic E-state index is 0.0280. The van der Waals surface area contributed by atoms with Crippen LogP contribution in [0.2, 0.25) is 0 Å². The van der Waals surface area contributed by atoms with Crippen molar-refractivity contribution in [2.45, 2.75) is 26.4 Å². The molecular weight excluding hydrogens is 334 g/mol. The number of aryl methyl sites for hydroxylation is 1. The van der Waals surface area contributed by atoms with Gasteiger partial charge in [-0.25, -0.2) is 0 Å². The van der Waals surface area contributed by atoms with Gasteiger partial charge in [-0.1, -0.05) is 29.8 Å². The van der Waals surface area contributed by atoms with Crippen LogP contribution >= 0.6 is 0 Å². The van der Waals surface area contributed by atoms with Gasteiger partial charge in [-0.05, 0) is 38.1 Å². The molecule has 138 valence electrons. The molecule has 0 fully saturated rings. The lowest BCUT2D eigenvalue weighted by molar-refractivity contribution is -0.153. The number of methoxy groups -OCH3 is 1. The largest absolute Gasteiger partial charge is 0.493 e. The predicted molar refractivity (Wildman–Crippen MR) is 98.5 cm³/mol. The minimum atomic E-state index is -0.893. The van der Waals surface area contributed by atoms with Gasteiger partial charge in [-0.15, -0.1) is 0 Å². The summed E-state index contributed by atoms with van der Waals surface area (Å²) in [5, 5.41) is 2.71. The molecule has 0 aliphatic rings. The van der Waals surface area contributed by atoms with E-state index in [2.05, 4.69) is 5.32 Å². The van der Waals surface area contributed by atoms with Gasteiger partial charge >= 0.3 is 5.97 Å². The lowest BCUT2D eigenvalue weighted by Gasteiger charge is -2.14. The summed E-state index contributed by atoms with van der Waals surface area (Å²) in [4.78, 5) is 24.0. The fraction of sp³-hybridized carbons (Fsp3) is 0.300. The van der Waals surface area contributed by atoms with Crippen molar-refractivity contribution >= 4 is 17.6 Å². The number of benzene rings is 2. The van der Waals surface area contributed by atoms with Gasteiger partial charge in [0.2, 0.25) is 0 Å². The molecule has 26 heavy (non-hydrogen) atoms. The number of carbonyl (C=O) groups excluding carboxylic acids is 2. The molecule has 0 aliphatic heterocycles. The summed E-state index contributed by atoms with van der Waals surface area (Å²) in [7, 11) is 1.55. The molecular formula is C20H23NO5. The highest BCUT2D eigenvalue weighted by molar-refractivity contribution is 5.95. The van der Waals surface area contributed by atoms with Gasteiger partial charge in [0.05, 0.1) is 20.1 Å². The number of nitrogens with one attached hydrogen (secondary N) is 1. The average molecular weight is 357 g/mol. The lowest BCUT2D eigenvalue weighted by Crippen LogP contribution is -2.30. The maximum Gasteiger partial charge on any atom is 0.310 e. The van der Waals surface area contributed by atoms with Crippen molar-refractivity contribution in [3.8, 4) is 11.5 Å². The number of amides is 1. The van der Waals surface area contributed by atoms with Crippen LogP contribution in [0.5, 0.6) is 11.5 Å². The number of anilines is 1. The number of hydrogen-bond donors (Lipinski definition) is 1. The van der Waals surface area contributed by atoms with Crippen LogP contribution < -0.4 is 14.8 Å². The Balaban J connectivity index is 1.75. The van der Waals surface area contributed by atoms with Gasteiger partial charge in [-0.3, -0.25) is 9.59 Å². The molecule has 0 saturated heterocycles. The Kier molecular flexibility index (Phi) is 7.02. The molecule has 0 saturated carbocycles. The monoisotopic (exact) mass is 357 g/mol. The van der Waals surface area contributed by atoms with E-state index in [0.717, 1.165) is 5.56 Å². The number of hydrogen-bond acceptors (Lipinski definition) is 5. The minimum Gasteiger partial charge on any atom is -0.493 e. The fourth-order valence-electron chi connectivity index (χ4n) is 2.17. The van der Waals surface area contributed by atoms with E-state index in [1.165, 1.54) is 6.92 Å². The third-order valence-corrected chi connectivity index (χ3v) is 3.63. The second-order valence-corrected chi connectivity index (χ2v) is 5.74. The number of rotatable bonds is 8. The highest BCUT2D eigenvalue weighted by Crippen LogP contribution is 2.25. The zero-order chi connectivity index (χ0) is 18.9. The number of carbonyl (C=O) groups is 2. The van der Waals surface area contributed by atoms with E-state index in [4.69, 9.17) is 14.2 Å². The maximum atomic E-state index is 12.1. The third kappa shape index (κ3) is 5.81. The summed E-state index contributed by atoms with van der Waals surface area (Å²) >= 11 is 0. The summed E-state index contributed by atoms with van der Waals surface area (Å²) in [5.74, 6) is 0.249. The highest BCUT2D eigenvalue weighted by atomic mass is 16.6. The fourth-order valence-corrected chi connectivity index (χ4v) is 2.17. The molecule has 2 rings (SSSR count). The van der Waals surface area contributed by atoms with Crippen LogP contribution in [0, 0.1) is 6.92 Å². The Hall–Kier alpha value is -3.02. The van der Waals surface area contributed by atoms with Gasteiger partial charge in [0, 0.05) is 5.69 Å². The van der Waals surface area contributed by atoms with Gasteiger partial charge < -0.3 is 19.5 Å². The van der Waals surface area contributed by atoms with Crippen molar-refractivity contribution < 1.29 is 23.8 Å². The van der Waals surface area contributed by atoms with Gasteiger partial charge in [-0.2, -0.15) is 0 Å². The first-order chi connectivity index (χ1) is 12.5. The van der Waals surface area contributed by atoms with Crippen LogP contribution in [0.15, 0.2) is 48.5 Å². The highest BCUT2D eigenvalue weighted by Gasteiger charge is 2.18. The van der Waals surface area contributed by atoms with Crippen molar-refractivity contribution in [1.29, 1.82) is 0 Å². The molecule has 0 radical (unpaired) electrons. The van der Waals surface area contributed by atoms with Crippen LogP contribution in [0.1, 0.15) is 18.9 Å². The lowest BCUT2D eigenvalue weighted by atomic mass is 10.2. The number of esters is 1. The van der Waals surface area contributed by atoms with Crippen LogP contribution in [0.25, 0.3) is 0 Å². The van der Waals surface area contributed by atoms with E-state index in [1.807, 2.05) is 31.2 Å². The summed E-state index contributed by atoms with van der Waals surface area (Å²) in [5.41, 5.74) is 1.75. The van der Waals surface area contributed by atoms with Gasteiger partial charge in [0.15, 0.2) is 17.6 Å². The SMILES string of the molecule is COc1ccccc1OCCC(=O)OC(C)C(=O)Nc1ccc(C)cc1. The molecule has 6 nitrogen and oxygen atoms in total. The predicted octanol–water partition coefficient (Wildman–Crippen LogP) is 3.34. The quantitative estimate of drug-likeness (QED) is 0.734. The topological polar surface area (TPSA) is 73.9 Å². The van der Waals surface area contributed by atoms with Crippen molar-refractivity contribution in [3.05, 3.63) is 54.1 Å². The van der Waals surface area contributed by atoms with E-state index >= 15 is 0 Å². The van der Waals surface area contributed by atoms with Crippen LogP contribution in [-0.4, -0.2) is 31.7 Å². The zero-order valence-electron chi connectivity index (χ0n) is 15.2. The second-order valence-electron chi connectivity index (χ2n) is 5.74. The first-order valence-electron chi connectivity index (χ1n) is 8.32. The Morgan fingerprint density at radius 3 is 2.35 bits per heavy atom. The molecule has 2 aromatic rings. The molecule has 6 heteroatoms. The first kappa shape index (κ1) is 19.3. The molecule has 1 N–H and O–H groups in total. The zero-order valence-corrected chi connectivity index (χ0v) is 15.2. The van der Waals surface area contributed by atoms with E-state index in [1.54, 1.807) is 31.4 Å². The normalized spacial score (nSPS) is 11.3. The van der Waals surface area contributed by atoms with Crippen molar-refractivity contribution in [2.24, 2.45) is 0 Å². The Morgan fingerprint density at radius 2 is 1.69 bits per heavy atom. The molecule has 1 amide bonds. The van der Waals surface area contributed by atoms with Crippen molar-refractivity contribution in [1.82, 2.24) is 0 Å². The molecule has 0 aromatic heterocycles. The average Bonchev–Trinajstić information content (AvgIpc) is 2.64. The van der Waals surface area contributed by atoms with Crippen LogP contribution in [0.4, 0.5) is 5.69 Å². The molecule has 0 heterocycles. The van der Waals surface area contributed by atoms with Crippen molar-refractivity contribution in [3.63, 3.8) is 0 Å². The third-order valence-electron chi connectivity index (χ3n) is 3.63. The second kappa shape index (κ2) is 9.46. The molecule has 2 aromatic carbocycles. The van der Waals surface area contributed by atoms with E-state index in [9.17, 15) is 9.59 Å². The van der Waals surface area contributed by atoms with Crippen LogP contribution in [-0.2, 0) is 14.3 Å². The summed E-state index contributed by atoms with van der Waals surface area (Å²) < 4.78 is 15.8. The Bertz CT molecular complexity index is 742. The summed E-state index contributed by atoms with van der Waals surface area (Å²) in [6.45, 7) is 3.62. The number of ether oxygens (including phenoxy) is 3. The summed E-state index contributed by atoms with van der Waals surface area (Å²) in [6, 6.07) is 14.5. The molecule has 0 bridgehead atoms. The summed E-state index contributed by atoms with van der Waals surface area (Å²) in [6.07, 6.45) is -0.865. The van der Waals surface area contributed by atoms with E-state index < -0.39 is 12.1 Å². The van der Waals surface area contributed by atoms with Gasteiger partial charge in [0.1, 0.15) is 0 Å². The van der Waals surface area contributed by atoms with Crippen molar-refractivity contribution in [2.75, 3.05) is 19.0 Å². The number of para-hydroxylation sites is 2. The maximum absolute atomic E-state index is 12.1. The molecule has 0 spiro atoms. The smallest absolute Gasteiger partial charge is 0.310 e. The van der Waals surface area contributed by atoms with Crippen LogP contribution in [0.3, 0.4) is 0 Å². The Labute approximate surface area is 153 Å². The molecule has 0 aliphatic carbocycles. The Morgan fingerprint density at radius 1 is 1.04 bits per heavy atom. The van der Waals surface area contributed by atoms with Gasteiger partial charge in [0.25, 0.3) is 5.91 Å². The van der Waals surface area contributed by atoms with E-state index in [0.29, 0.717) is 17.2 Å². The van der Waals surface area contributed by atoms with E-state index in [-0.39, 0.29) is 18.9 Å². The standard InChI is InChI=1S/C20H23NO5/c1-14-8-10-16(11-9-14)21-20(23)15(2)26-19(22)12-13-25-18-7-5-4-6-17(18)24-3/h4-11,15H,12-13H2,1-3H3,(H,21,23). The molecule has 1 unspecified atom stereocenters.